The van der Waals surface area contributed by atoms with Gasteiger partial charge in [0, 0.05) is 23.4 Å². The van der Waals surface area contributed by atoms with Crippen molar-refractivity contribution in [2.45, 2.75) is 64.6 Å². The summed E-state index contributed by atoms with van der Waals surface area (Å²) >= 11 is 0. The van der Waals surface area contributed by atoms with Gasteiger partial charge in [-0.15, -0.1) is 0 Å². The SMILES string of the molecule is COc1cccc2[nH]c(C(=O)N[C@@H](CC(C)(C)C)C(=O)N[C@@H](C[C@@H]3CCCNC3=O)C(O)C#N)cc12. The van der Waals surface area contributed by atoms with E-state index >= 15 is 0 Å². The summed E-state index contributed by atoms with van der Waals surface area (Å²) in [4.78, 5) is 41.7. The minimum Gasteiger partial charge on any atom is -0.496 e. The Morgan fingerprint density at radius 2 is 2.06 bits per heavy atom. The van der Waals surface area contributed by atoms with E-state index in [4.69, 9.17) is 4.74 Å². The molecule has 4 atom stereocenters. The van der Waals surface area contributed by atoms with Crippen LogP contribution in [-0.2, 0) is 9.59 Å². The lowest BCUT2D eigenvalue weighted by molar-refractivity contribution is -0.129. The average molecular weight is 498 g/mol. The molecule has 1 aliphatic heterocycles. The Balaban J connectivity index is 1.79. The number of H-pyrrole nitrogens is 1. The second-order valence-electron chi connectivity index (χ2n) is 10.5. The third kappa shape index (κ3) is 6.76. The van der Waals surface area contributed by atoms with Crippen molar-refractivity contribution in [3.05, 3.63) is 30.0 Å². The van der Waals surface area contributed by atoms with Crippen LogP contribution in [0.15, 0.2) is 24.3 Å². The molecule has 0 saturated carbocycles. The highest BCUT2D eigenvalue weighted by molar-refractivity contribution is 6.01. The second-order valence-corrected chi connectivity index (χ2v) is 10.5. The fourth-order valence-corrected chi connectivity index (χ4v) is 4.49. The predicted octanol–water partition coefficient (Wildman–Crippen LogP) is 2.00. The van der Waals surface area contributed by atoms with Crippen LogP contribution in [-0.4, -0.2) is 59.7 Å². The normalized spacial score (nSPS) is 18.4. The molecule has 10 nitrogen and oxygen atoms in total. The monoisotopic (exact) mass is 497 g/mol. The van der Waals surface area contributed by atoms with Crippen molar-refractivity contribution in [1.82, 2.24) is 20.9 Å². The van der Waals surface area contributed by atoms with Gasteiger partial charge in [0.05, 0.1) is 19.2 Å². The van der Waals surface area contributed by atoms with Crippen molar-refractivity contribution in [3.8, 4) is 11.8 Å². The maximum atomic E-state index is 13.3. The summed E-state index contributed by atoms with van der Waals surface area (Å²) in [6, 6.07) is 6.97. The van der Waals surface area contributed by atoms with Crippen molar-refractivity contribution in [2.24, 2.45) is 11.3 Å². The van der Waals surface area contributed by atoms with Gasteiger partial charge in [-0.1, -0.05) is 26.8 Å². The minimum absolute atomic E-state index is 0.129. The number of carbonyl (C=O) groups excluding carboxylic acids is 3. The molecule has 194 valence electrons. The zero-order valence-corrected chi connectivity index (χ0v) is 21.2. The van der Waals surface area contributed by atoms with Crippen LogP contribution in [0.1, 0.15) is 56.9 Å². The highest BCUT2D eigenvalue weighted by atomic mass is 16.5. The Bertz CT molecular complexity index is 1150. The number of amides is 3. The second kappa shape index (κ2) is 11.4. The van der Waals surface area contributed by atoms with E-state index in [9.17, 15) is 24.8 Å². The molecule has 1 fully saturated rings. The summed E-state index contributed by atoms with van der Waals surface area (Å²) < 4.78 is 5.36. The van der Waals surface area contributed by atoms with Gasteiger partial charge >= 0.3 is 0 Å². The van der Waals surface area contributed by atoms with Gasteiger partial charge in [0.15, 0.2) is 6.10 Å². The number of rotatable bonds is 9. The number of aromatic amines is 1. The Hall–Kier alpha value is -3.58. The molecule has 0 spiro atoms. The lowest BCUT2D eigenvalue weighted by atomic mass is 9.86. The molecule has 1 saturated heterocycles. The number of benzene rings is 1. The molecular formula is C26H35N5O5. The number of fused-ring (bicyclic) bond motifs is 1. The van der Waals surface area contributed by atoms with Crippen molar-refractivity contribution in [1.29, 1.82) is 5.26 Å². The first-order valence-electron chi connectivity index (χ1n) is 12.1. The maximum absolute atomic E-state index is 13.3. The van der Waals surface area contributed by atoms with Gasteiger partial charge in [-0.3, -0.25) is 14.4 Å². The van der Waals surface area contributed by atoms with Gasteiger partial charge in [0.25, 0.3) is 5.91 Å². The third-order valence-corrected chi connectivity index (χ3v) is 6.31. The van der Waals surface area contributed by atoms with E-state index in [0.29, 0.717) is 25.1 Å². The van der Waals surface area contributed by atoms with Crippen LogP contribution in [0.25, 0.3) is 10.9 Å². The molecule has 5 N–H and O–H groups in total. The molecule has 0 bridgehead atoms. The fourth-order valence-electron chi connectivity index (χ4n) is 4.49. The van der Waals surface area contributed by atoms with E-state index in [1.54, 1.807) is 25.3 Å². The molecule has 2 heterocycles. The Morgan fingerprint density at radius 3 is 2.69 bits per heavy atom. The molecule has 1 aromatic carbocycles. The number of nitrogens with one attached hydrogen (secondary N) is 4. The summed E-state index contributed by atoms with van der Waals surface area (Å²) in [5, 5.41) is 28.6. The Morgan fingerprint density at radius 1 is 1.31 bits per heavy atom. The van der Waals surface area contributed by atoms with Crippen LogP contribution in [0.2, 0.25) is 0 Å². The van der Waals surface area contributed by atoms with Crippen LogP contribution < -0.4 is 20.7 Å². The molecule has 10 heteroatoms. The van der Waals surface area contributed by atoms with Crippen LogP contribution in [0.4, 0.5) is 0 Å². The van der Waals surface area contributed by atoms with Gasteiger partial charge < -0.3 is 30.8 Å². The lowest BCUT2D eigenvalue weighted by Crippen LogP contribution is -2.54. The minimum atomic E-state index is -1.49. The molecule has 1 aromatic heterocycles. The largest absolute Gasteiger partial charge is 0.496 e. The summed E-state index contributed by atoms with van der Waals surface area (Å²) in [5.74, 6) is -0.945. The van der Waals surface area contributed by atoms with Crippen molar-refractivity contribution >= 4 is 28.6 Å². The van der Waals surface area contributed by atoms with Crippen molar-refractivity contribution in [2.75, 3.05) is 13.7 Å². The standard InChI is InChI=1S/C26H35N5O5/c1-26(2,3)13-20(31-24(34)19-12-16-17(29-19)8-5-9-22(16)36-4)25(35)30-18(21(32)14-27)11-15-7-6-10-28-23(15)33/h5,8-9,12,15,18,20-21,29,32H,6-7,10-11,13H2,1-4H3,(H,28,33)(H,30,35)(H,31,34)/t15-,18-,20-,21?/m0/s1. The first-order chi connectivity index (χ1) is 17.0. The van der Waals surface area contributed by atoms with E-state index in [0.717, 1.165) is 17.3 Å². The van der Waals surface area contributed by atoms with E-state index < -0.39 is 35.9 Å². The number of aliphatic hydroxyl groups excluding tert-OH is 1. The van der Waals surface area contributed by atoms with Gasteiger partial charge in [-0.25, -0.2) is 0 Å². The summed E-state index contributed by atoms with van der Waals surface area (Å²) in [6.45, 7) is 6.43. The van der Waals surface area contributed by atoms with Gasteiger partial charge in [0.2, 0.25) is 11.8 Å². The Kier molecular flexibility index (Phi) is 8.58. The van der Waals surface area contributed by atoms with Crippen LogP contribution in [0.3, 0.4) is 0 Å². The quantitative estimate of drug-likeness (QED) is 0.334. The zero-order chi connectivity index (χ0) is 26.5. The number of carbonyl (C=O) groups is 3. The molecule has 1 unspecified atom stereocenters. The molecule has 3 amide bonds. The van der Waals surface area contributed by atoms with E-state index in [2.05, 4.69) is 20.9 Å². The predicted molar refractivity (Wildman–Crippen MR) is 134 cm³/mol. The topological polar surface area (TPSA) is 156 Å². The van der Waals surface area contributed by atoms with Gasteiger partial charge in [-0.05, 0) is 49.3 Å². The number of ether oxygens (including phenoxy) is 1. The third-order valence-electron chi connectivity index (χ3n) is 6.31. The number of piperidine rings is 1. The smallest absolute Gasteiger partial charge is 0.268 e. The van der Waals surface area contributed by atoms with Crippen LogP contribution in [0.5, 0.6) is 5.75 Å². The molecule has 3 rings (SSSR count). The number of aliphatic hydroxyl groups is 1. The van der Waals surface area contributed by atoms with E-state index in [1.165, 1.54) is 0 Å². The fraction of sp³-hybridized carbons (Fsp3) is 0.538. The molecule has 0 radical (unpaired) electrons. The highest BCUT2D eigenvalue weighted by Crippen LogP contribution is 2.27. The molecule has 1 aliphatic rings. The van der Waals surface area contributed by atoms with E-state index in [-0.39, 0.29) is 23.4 Å². The molecule has 2 aromatic rings. The Labute approximate surface area is 210 Å². The summed E-state index contributed by atoms with van der Waals surface area (Å²) in [7, 11) is 1.55. The first-order valence-corrected chi connectivity index (χ1v) is 12.1. The van der Waals surface area contributed by atoms with Gasteiger partial charge in [-0.2, -0.15) is 5.26 Å². The number of nitriles is 1. The van der Waals surface area contributed by atoms with Crippen LogP contribution >= 0.6 is 0 Å². The van der Waals surface area contributed by atoms with Crippen molar-refractivity contribution in [3.63, 3.8) is 0 Å². The number of nitrogens with zero attached hydrogens (tertiary/aromatic N) is 1. The van der Waals surface area contributed by atoms with Gasteiger partial charge in [0.1, 0.15) is 17.5 Å². The van der Waals surface area contributed by atoms with E-state index in [1.807, 2.05) is 32.9 Å². The van der Waals surface area contributed by atoms with Crippen molar-refractivity contribution < 1.29 is 24.2 Å². The average Bonchev–Trinajstić information content (AvgIpc) is 3.28. The number of hydrogen-bond donors (Lipinski definition) is 5. The molecule has 0 aliphatic carbocycles. The molecule has 36 heavy (non-hydrogen) atoms. The van der Waals surface area contributed by atoms with Crippen LogP contribution in [0, 0.1) is 22.7 Å². The lowest BCUT2D eigenvalue weighted by Gasteiger charge is -2.30. The number of methoxy groups -OCH3 is 1. The summed E-state index contributed by atoms with van der Waals surface area (Å²) in [5.41, 5.74) is 0.680. The maximum Gasteiger partial charge on any atom is 0.268 e. The first kappa shape index (κ1) is 27.0. The number of hydrogen-bond acceptors (Lipinski definition) is 6. The summed E-state index contributed by atoms with van der Waals surface area (Å²) in [6.07, 6.45) is 0.355. The highest BCUT2D eigenvalue weighted by Gasteiger charge is 2.33. The molecular weight excluding hydrogens is 462 g/mol. The number of aromatic nitrogens is 1. The zero-order valence-electron chi connectivity index (χ0n) is 21.2.